The van der Waals surface area contributed by atoms with Gasteiger partial charge in [0, 0.05) is 17.3 Å². The molecule has 110 valence electrons. The first-order valence-electron chi connectivity index (χ1n) is 7.04. The summed E-state index contributed by atoms with van der Waals surface area (Å²) >= 11 is 1.76. The third kappa shape index (κ3) is 4.31. The third-order valence-electron chi connectivity index (χ3n) is 2.97. The van der Waals surface area contributed by atoms with Gasteiger partial charge in [-0.1, -0.05) is 18.1 Å². The van der Waals surface area contributed by atoms with Gasteiger partial charge in [0.1, 0.15) is 0 Å². The van der Waals surface area contributed by atoms with Crippen LogP contribution in [0.5, 0.6) is 0 Å². The lowest BCUT2D eigenvalue weighted by atomic mass is 10.2. The van der Waals surface area contributed by atoms with Crippen molar-refractivity contribution in [3.8, 4) is 0 Å². The molecular weight excluding hydrogens is 272 g/mol. The Hall–Kier alpha value is -1.40. The van der Waals surface area contributed by atoms with Gasteiger partial charge in [0.05, 0.1) is 6.04 Å². The lowest BCUT2D eigenvalue weighted by Crippen LogP contribution is -2.19. The zero-order valence-electron chi connectivity index (χ0n) is 12.2. The highest BCUT2D eigenvalue weighted by Crippen LogP contribution is 2.16. The summed E-state index contributed by atoms with van der Waals surface area (Å²) in [4.78, 5) is 1.35. The summed E-state index contributed by atoms with van der Waals surface area (Å²) in [7, 11) is 0. The van der Waals surface area contributed by atoms with Crippen LogP contribution in [0, 0.1) is 0 Å². The molecule has 0 saturated carbocycles. The van der Waals surface area contributed by atoms with Crippen molar-refractivity contribution >= 4 is 17.4 Å². The monoisotopic (exact) mass is 294 g/mol. The highest BCUT2D eigenvalue weighted by molar-refractivity contribution is 7.09. The van der Waals surface area contributed by atoms with Crippen molar-refractivity contribution < 1.29 is 4.42 Å². The van der Waals surface area contributed by atoms with Crippen LogP contribution in [0.4, 0.5) is 6.01 Å². The van der Waals surface area contributed by atoms with Crippen molar-refractivity contribution in [1.29, 1.82) is 0 Å². The molecular formula is C14H22N4OS. The quantitative estimate of drug-likeness (QED) is 0.782. The van der Waals surface area contributed by atoms with Crippen LogP contribution in [0.1, 0.15) is 44.0 Å². The van der Waals surface area contributed by atoms with Crippen LogP contribution in [0.2, 0.25) is 0 Å². The minimum absolute atomic E-state index is 0.0885. The second-order valence-corrected chi connectivity index (χ2v) is 5.98. The van der Waals surface area contributed by atoms with E-state index < -0.39 is 0 Å². The molecule has 6 heteroatoms. The van der Waals surface area contributed by atoms with Gasteiger partial charge in [0.15, 0.2) is 0 Å². The van der Waals surface area contributed by atoms with Gasteiger partial charge in [-0.15, -0.1) is 16.4 Å². The first-order chi connectivity index (χ1) is 9.69. The maximum atomic E-state index is 5.64. The minimum atomic E-state index is 0.0885. The second kappa shape index (κ2) is 7.40. The van der Waals surface area contributed by atoms with Gasteiger partial charge in [-0.25, -0.2) is 0 Å². The van der Waals surface area contributed by atoms with E-state index in [9.17, 15) is 0 Å². The first-order valence-corrected chi connectivity index (χ1v) is 7.92. The Morgan fingerprint density at radius 3 is 2.90 bits per heavy atom. The zero-order chi connectivity index (χ0) is 14.4. The average Bonchev–Trinajstić information content (AvgIpc) is 3.07. The number of nitrogens with zero attached hydrogens (tertiary/aromatic N) is 2. The van der Waals surface area contributed by atoms with Crippen molar-refractivity contribution in [3.63, 3.8) is 0 Å². The van der Waals surface area contributed by atoms with E-state index in [2.05, 4.69) is 52.2 Å². The molecule has 2 unspecified atom stereocenters. The van der Waals surface area contributed by atoms with Gasteiger partial charge in [0.25, 0.3) is 0 Å². The number of anilines is 1. The normalized spacial score (nSPS) is 14.2. The van der Waals surface area contributed by atoms with Crippen LogP contribution in [0.25, 0.3) is 0 Å². The van der Waals surface area contributed by atoms with E-state index in [4.69, 9.17) is 4.42 Å². The van der Waals surface area contributed by atoms with Gasteiger partial charge in [-0.05, 0) is 38.3 Å². The number of thiophene rings is 1. The van der Waals surface area contributed by atoms with E-state index in [1.165, 1.54) is 4.88 Å². The summed E-state index contributed by atoms with van der Waals surface area (Å²) in [5.41, 5.74) is 0. The number of hydrogen-bond acceptors (Lipinski definition) is 6. The van der Waals surface area contributed by atoms with E-state index in [0.717, 1.165) is 19.4 Å². The van der Waals surface area contributed by atoms with Crippen LogP contribution in [-0.2, 0) is 6.42 Å². The van der Waals surface area contributed by atoms with E-state index in [0.29, 0.717) is 11.9 Å². The molecule has 2 aromatic heterocycles. The fourth-order valence-corrected chi connectivity index (χ4v) is 2.74. The molecule has 0 fully saturated rings. The van der Waals surface area contributed by atoms with Gasteiger partial charge < -0.3 is 15.1 Å². The highest BCUT2D eigenvalue weighted by Gasteiger charge is 2.14. The molecule has 2 atom stereocenters. The fraction of sp³-hybridized carbons (Fsp3) is 0.571. The summed E-state index contributed by atoms with van der Waals surface area (Å²) in [5, 5.41) is 16.8. The standard InChI is InChI=1S/C14H22N4OS/c1-4-7-15-11(3)13-17-18-14(19-13)16-10(2)9-12-6-5-8-20-12/h5-6,8,10-11,15H,4,7,9H2,1-3H3,(H,16,18). The molecule has 0 aliphatic rings. The van der Waals surface area contributed by atoms with Crippen LogP contribution < -0.4 is 10.6 Å². The summed E-state index contributed by atoms with van der Waals surface area (Å²) in [6.45, 7) is 7.22. The van der Waals surface area contributed by atoms with Gasteiger partial charge in [0.2, 0.25) is 5.89 Å². The van der Waals surface area contributed by atoms with E-state index in [1.807, 2.05) is 6.92 Å². The smallest absolute Gasteiger partial charge is 0.315 e. The zero-order valence-corrected chi connectivity index (χ0v) is 13.0. The molecule has 0 radical (unpaired) electrons. The Kier molecular flexibility index (Phi) is 5.55. The molecule has 2 aromatic rings. The first kappa shape index (κ1) is 15.0. The van der Waals surface area contributed by atoms with Crippen molar-refractivity contribution in [2.45, 2.75) is 45.7 Å². The van der Waals surface area contributed by atoms with Crippen LogP contribution in [0.15, 0.2) is 21.9 Å². The Morgan fingerprint density at radius 1 is 1.35 bits per heavy atom. The third-order valence-corrected chi connectivity index (χ3v) is 3.87. The lowest BCUT2D eigenvalue weighted by Gasteiger charge is -2.10. The van der Waals surface area contributed by atoms with E-state index in [1.54, 1.807) is 11.3 Å². The predicted molar refractivity (Wildman–Crippen MR) is 82.1 cm³/mol. The van der Waals surface area contributed by atoms with E-state index >= 15 is 0 Å². The summed E-state index contributed by atoms with van der Waals surface area (Å²) < 4.78 is 5.64. The van der Waals surface area contributed by atoms with Crippen molar-refractivity contribution in [2.75, 3.05) is 11.9 Å². The molecule has 2 heterocycles. The van der Waals surface area contributed by atoms with Crippen molar-refractivity contribution in [3.05, 3.63) is 28.3 Å². The maximum absolute atomic E-state index is 5.64. The topological polar surface area (TPSA) is 63.0 Å². The molecule has 5 nitrogen and oxygen atoms in total. The van der Waals surface area contributed by atoms with Gasteiger partial charge in [-0.2, -0.15) is 0 Å². The molecule has 0 aromatic carbocycles. The second-order valence-electron chi connectivity index (χ2n) is 4.95. The van der Waals surface area contributed by atoms with Crippen LogP contribution in [-0.4, -0.2) is 22.8 Å². The summed E-state index contributed by atoms with van der Waals surface area (Å²) in [5.74, 6) is 0.629. The largest absolute Gasteiger partial charge is 0.406 e. The molecule has 0 aliphatic carbocycles. The Bertz CT molecular complexity index is 497. The molecule has 2 N–H and O–H groups in total. The Labute approximate surface area is 123 Å². The fourth-order valence-electron chi connectivity index (χ4n) is 1.91. The van der Waals surface area contributed by atoms with Gasteiger partial charge >= 0.3 is 6.01 Å². The van der Waals surface area contributed by atoms with Gasteiger partial charge in [-0.3, -0.25) is 0 Å². The molecule has 0 bridgehead atoms. The summed E-state index contributed by atoms with van der Waals surface area (Å²) in [6.07, 6.45) is 2.04. The average molecular weight is 294 g/mol. The van der Waals surface area contributed by atoms with Crippen molar-refractivity contribution in [1.82, 2.24) is 15.5 Å². The lowest BCUT2D eigenvalue weighted by molar-refractivity contribution is 0.421. The molecule has 20 heavy (non-hydrogen) atoms. The Balaban J connectivity index is 1.85. The number of nitrogens with one attached hydrogen (secondary N) is 2. The molecule has 0 amide bonds. The maximum Gasteiger partial charge on any atom is 0.315 e. The van der Waals surface area contributed by atoms with Crippen LogP contribution in [0.3, 0.4) is 0 Å². The van der Waals surface area contributed by atoms with Crippen molar-refractivity contribution in [2.24, 2.45) is 0 Å². The SMILES string of the molecule is CCCNC(C)c1nnc(NC(C)Cc2cccs2)o1. The molecule has 0 spiro atoms. The Morgan fingerprint density at radius 2 is 2.20 bits per heavy atom. The van der Waals surface area contributed by atoms with Crippen LogP contribution >= 0.6 is 11.3 Å². The molecule has 0 saturated heterocycles. The number of hydrogen-bond donors (Lipinski definition) is 2. The number of rotatable bonds is 8. The summed E-state index contributed by atoms with van der Waals surface area (Å²) in [6, 6.07) is 5.05. The van der Waals surface area contributed by atoms with E-state index in [-0.39, 0.29) is 12.1 Å². The molecule has 2 rings (SSSR count). The number of aromatic nitrogens is 2. The molecule has 0 aliphatic heterocycles. The predicted octanol–water partition coefficient (Wildman–Crippen LogP) is 3.23. The minimum Gasteiger partial charge on any atom is -0.406 e. The highest BCUT2D eigenvalue weighted by atomic mass is 32.1.